The fourth-order valence-corrected chi connectivity index (χ4v) is 5.87. The maximum Gasteiger partial charge on any atom is 0.227 e. The second-order valence-electron chi connectivity index (χ2n) is 9.81. The van der Waals surface area contributed by atoms with Crippen LogP contribution in [0.2, 0.25) is 0 Å². The summed E-state index contributed by atoms with van der Waals surface area (Å²) >= 11 is 0. The quantitative estimate of drug-likeness (QED) is 0.324. The second kappa shape index (κ2) is 7.10. The number of aryl methyl sites for hydroxylation is 3. The maximum atomic E-state index is 6.22. The Kier molecular flexibility index (Phi) is 4.34. The van der Waals surface area contributed by atoms with E-state index in [2.05, 4.69) is 101 Å². The van der Waals surface area contributed by atoms with Crippen LogP contribution in [0.5, 0.6) is 0 Å². The van der Waals surface area contributed by atoms with E-state index in [0.29, 0.717) is 5.71 Å². The van der Waals surface area contributed by atoms with Crippen molar-refractivity contribution in [3.05, 3.63) is 77.4 Å². The Morgan fingerprint density at radius 1 is 0.971 bits per heavy atom. The summed E-state index contributed by atoms with van der Waals surface area (Å²) in [6.45, 7) is 13.1. The second-order valence-corrected chi connectivity index (χ2v) is 9.81. The summed E-state index contributed by atoms with van der Waals surface area (Å²) in [6, 6.07) is 17.1. The van der Waals surface area contributed by atoms with Gasteiger partial charge in [0, 0.05) is 16.5 Å². The van der Waals surface area contributed by atoms with Gasteiger partial charge in [0.2, 0.25) is 5.71 Å². The minimum Gasteiger partial charge on any atom is -0.438 e. The number of hydrogen-bond acceptors (Lipinski definition) is 5. The fraction of sp³-hybridized carbons (Fsp3) is 0.286. The fourth-order valence-electron chi connectivity index (χ4n) is 5.87. The molecule has 2 aromatic carbocycles. The number of benzene rings is 2. The van der Waals surface area contributed by atoms with Crippen molar-refractivity contribution in [1.82, 2.24) is 15.0 Å². The van der Waals surface area contributed by atoms with Crippen molar-refractivity contribution in [3.8, 4) is 0 Å². The maximum absolute atomic E-state index is 6.22. The number of hydrogen-bond donors (Lipinski definition) is 1. The minimum absolute atomic E-state index is 0.0699. The zero-order chi connectivity index (χ0) is 23.8. The average molecular weight is 452 g/mol. The molecule has 1 atom stereocenters. The van der Waals surface area contributed by atoms with Gasteiger partial charge in [-0.25, -0.2) is 9.97 Å². The summed E-state index contributed by atoms with van der Waals surface area (Å²) in [5.74, 6) is 1.91. The highest BCUT2D eigenvalue weighted by molar-refractivity contribution is 6.06. The van der Waals surface area contributed by atoms with E-state index in [1.54, 1.807) is 0 Å². The van der Waals surface area contributed by atoms with Gasteiger partial charge in [-0.1, -0.05) is 18.2 Å². The van der Waals surface area contributed by atoms with Crippen molar-refractivity contribution in [2.24, 2.45) is 0 Å². The topological polar surface area (TPSA) is 61.2 Å². The monoisotopic (exact) mass is 451 g/mol. The van der Waals surface area contributed by atoms with Gasteiger partial charge in [0.25, 0.3) is 0 Å². The number of aromatic nitrogens is 3. The molecule has 0 saturated heterocycles. The minimum atomic E-state index is -0.343. The number of pyridine rings is 1. The van der Waals surface area contributed by atoms with E-state index in [9.17, 15) is 0 Å². The Bertz CT molecular complexity index is 1560. The van der Waals surface area contributed by atoms with E-state index in [1.807, 2.05) is 20.0 Å². The van der Waals surface area contributed by atoms with Crippen LogP contribution in [0, 0.1) is 20.8 Å². The molecule has 0 fully saturated rings. The van der Waals surface area contributed by atoms with Gasteiger partial charge in [0.05, 0.1) is 23.1 Å². The van der Waals surface area contributed by atoms with E-state index in [1.165, 1.54) is 22.5 Å². The van der Waals surface area contributed by atoms with Crippen LogP contribution < -0.4 is 9.80 Å². The Morgan fingerprint density at radius 2 is 1.74 bits per heavy atom. The number of fused-ring (bicyclic) bond motifs is 4. The molecule has 0 bridgehead atoms. The van der Waals surface area contributed by atoms with Crippen LogP contribution >= 0.6 is 0 Å². The van der Waals surface area contributed by atoms with Gasteiger partial charge < -0.3 is 19.2 Å². The predicted molar refractivity (Wildman–Crippen MR) is 138 cm³/mol. The van der Waals surface area contributed by atoms with Crippen LogP contribution in [0.3, 0.4) is 0 Å². The van der Waals surface area contributed by atoms with Crippen LogP contribution in [-0.4, -0.2) is 21.1 Å². The van der Waals surface area contributed by atoms with E-state index in [4.69, 9.17) is 4.42 Å². The molecule has 6 nitrogen and oxygen atoms in total. The lowest BCUT2D eigenvalue weighted by atomic mass is 9.84. The molecule has 6 heteroatoms. The smallest absolute Gasteiger partial charge is 0.227 e. The first-order chi connectivity index (χ1) is 16.3. The Hall–Kier alpha value is -3.80. The lowest BCUT2D eigenvalue weighted by molar-refractivity contribution is 0.449. The van der Waals surface area contributed by atoms with Crippen molar-refractivity contribution in [2.45, 2.75) is 53.2 Å². The number of nitrogens with zero attached hydrogens (tertiary/aromatic N) is 4. The average Bonchev–Trinajstić information content (AvgIpc) is 3.45. The molecule has 0 saturated carbocycles. The summed E-state index contributed by atoms with van der Waals surface area (Å²) in [5.41, 5.74) is 7.06. The Labute approximate surface area is 199 Å². The molecule has 0 amide bonds. The standard InChI is InChI=1S/C28H29N5O/c1-16-11-14-23-25(20-13-12-17(2)30-27(20)34-23)26(16)28(5,6)33-19(4)32(24-15-29-18(3)31-24)21-9-7-8-10-22(21)33/h7-15,19H,1-6H3,(H,29,31)/t19-/m1/s1. The SMILES string of the molecule is Cc1ccc2c(n1)oc1ccc(C)c(C(C)(C)N3c4ccccc4N(c4cnc(C)[nH]4)[C@H]3C)c12. The summed E-state index contributed by atoms with van der Waals surface area (Å²) in [6.07, 6.45) is 1.99. The van der Waals surface area contributed by atoms with Crippen LogP contribution in [-0.2, 0) is 5.54 Å². The van der Waals surface area contributed by atoms with Crippen LogP contribution in [0.4, 0.5) is 17.2 Å². The first kappa shape index (κ1) is 20.8. The molecular weight excluding hydrogens is 422 g/mol. The first-order valence-corrected chi connectivity index (χ1v) is 11.8. The summed E-state index contributed by atoms with van der Waals surface area (Å²) < 4.78 is 6.22. The molecule has 172 valence electrons. The van der Waals surface area contributed by atoms with Gasteiger partial charge in [0.1, 0.15) is 23.4 Å². The Balaban J connectivity index is 1.59. The normalized spacial score (nSPS) is 16.1. The molecule has 4 heterocycles. The number of para-hydroxylation sites is 2. The summed E-state index contributed by atoms with van der Waals surface area (Å²) in [5, 5.41) is 2.21. The lowest BCUT2D eigenvalue weighted by Gasteiger charge is -2.43. The van der Waals surface area contributed by atoms with Crippen molar-refractivity contribution >= 4 is 39.3 Å². The molecule has 1 aliphatic rings. The highest BCUT2D eigenvalue weighted by Crippen LogP contribution is 2.51. The third-order valence-electron chi connectivity index (χ3n) is 7.16. The molecule has 1 N–H and O–H groups in total. The molecule has 5 aromatic rings. The molecule has 34 heavy (non-hydrogen) atoms. The lowest BCUT2D eigenvalue weighted by Crippen LogP contribution is -2.49. The zero-order valence-electron chi connectivity index (χ0n) is 20.5. The number of anilines is 3. The van der Waals surface area contributed by atoms with E-state index in [0.717, 1.165) is 33.7 Å². The number of furan rings is 1. The van der Waals surface area contributed by atoms with Gasteiger partial charge in [-0.05, 0) is 83.0 Å². The number of nitrogens with one attached hydrogen (secondary N) is 1. The highest BCUT2D eigenvalue weighted by Gasteiger charge is 2.44. The molecule has 0 aliphatic carbocycles. The highest BCUT2D eigenvalue weighted by atomic mass is 16.3. The molecule has 6 rings (SSSR count). The van der Waals surface area contributed by atoms with Gasteiger partial charge >= 0.3 is 0 Å². The summed E-state index contributed by atoms with van der Waals surface area (Å²) in [4.78, 5) is 17.4. The molecule has 1 aliphatic heterocycles. The van der Waals surface area contributed by atoms with Crippen molar-refractivity contribution < 1.29 is 4.42 Å². The number of aromatic amines is 1. The molecule has 3 aromatic heterocycles. The van der Waals surface area contributed by atoms with E-state index >= 15 is 0 Å². The van der Waals surface area contributed by atoms with Crippen LogP contribution in [0.15, 0.2) is 59.1 Å². The predicted octanol–water partition coefficient (Wildman–Crippen LogP) is 6.87. The largest absolute Gasteiger partial charge is 0.438 e. The van der Waals surface area contributed by atoms with Crippen molar-refractivity contribution in [2.75, 3.05) is 9.80 Å². The zero-order valence-corrected chi connectivity index (χ0v) is 20.5. The van der Waals surface area contributed by atoms with Gasteiger partial charge in [-0.15, -0.1) is 0 Å². The van der Waals surface area contributed by atoms with Gasteiger partial charge in [-0.3, -0.25) is 0 Å². The Morgan fingerprint density at radius 3 is 2.47 bits per heavy atom. The first-order valence-electron chi connectivity index (χ1n) is 11.8. The van der Waals surface area contributed by atoms with E-state index < -0.39 is 0 Å². The number of rotatable bonds is 3. The number of H-pyrrole nitrogens is 1. The van der Waals surface area contributed by atoms with Crippen LogP contribution in [0.25, 0.3) is 22.1 Å². The van der Waals surface area contributed by atoms with Crippen molar-refractivity contribution in [3.63, 3.8) is 0 Å². The third kappa shape index (κ3) is 2.81. The van der Waals surface area contributed by atoms with Gasteiger partial charge in [0.15, 0.2) is 0 Å². The molecule has 0 unspecified atom stereocenters. The van der Waals surface area contributed by atoms with Crippen LogP contribution in [0.1, 0.15) is 43.4 Å². The van der Waals surface area contributed by atoms with Gasteiger partial charge in [-0.2, -0.15) is 0 Å². The van der Waals surface area contributed by atoms with Crippen molar-refractivity contribution in [1.29, 1.82) is 0 Å². The summed E-state index contributed by atoms with van der Waals surface area (Å²) in [7, 11) is 0. The molecular formula is C28H29N5O. The number of imidazole rings is 1. The molecule has 0 radical (unpaired) electrons. The third-order valence-corrected chi connectivity index (χ3v) is 7.16. The molecule has 0 spiro atoms. The van der Waals surface area contributed by atoms with E-state index in [-0.39, 0.29) is 11.7 Å².